The molecule has 0 heterocycles. The molecule has 0 spiro atoms. The molecule has 1 rings (SSSR count). The van der Waals surface area contributed by atoms with Gasteiger partial charge in [0.15, 0.2) is 0 Å². The lowest BCUT2D eigenvalue weighted by Gasteiger charge is -2.04. The molecule has 0 atom stereocenters. The van der Waals surface area contributed by atoms with Gasteiger partial charge in [-0.2, -0.15) is 0 Å². The molecule has 1 N–H and O–H groups in total. The molecule has 1 aromatic rings. The number of benzene rings is 1. The quantitative estimate of drug-likeness (QED) is 0.344. The number of methoxy groups -OCH3 is 1. The van der Waals surface area contributed by atoms with Crippen LogP contribution in [0.4, 0.5) is 0 Å². The maximum Gasteiger partial charge on any atom is 0.121 e. The summed E-state index contributed by atoms with van der Waals surface area (Å²) in [5.41, 5.74) is 4.59. The van der Waals surface area contributed by atoms with E-state index >= 15 is 0 Å². The van der Waals surface area contributed by atoms with Crippen molar-refractivity contribution in [3.05, 3.63) is 84.1 Å². The predicted octanol–water partition coefficient (Wildman–Crippen LogP) is 5.59. The Kier molecular flexibility index (Phi) is 9.06. The zero-order valence-corrected chi connectivity index (χ0v) is 15.1. The summed E-state index contributed by atoms with van der Waals surface area (Å²) in [7, 11) is 1.69. The molecule has 1 aromatic carbocycles. The summed E-state index contributed by atoms with van der Waals surface area (Å²) >= 11 is 0. The Morgan fingerprint density at radius 1 is 1.29 bits per heavy atom. The molecule has 0 aliphatic rings. The summed E-state index contributed by atoms with van der Waals surface area (Å²) in [4.78, 5) is 0. The van der Waals surface area contributed by atoms with Crippen molar-refractivity contribution in [2.24, 2.45) is 0 Å². The number of rotatable bonds is 10. The summed E-state index contributed by atoms with van der Waals surface area (Å²) in [6.07, 6.45) is 14.1. The largest absolute Gasteiger partial charge is 0.496 e. The first-order chi connectivity index (χ1) is 11.6. The first kappa shape index (κ1) is 19.6. The second-order valence-electron chi connectivity index (χ2n) is 5.81. The van der Waals surface area contributed by atoms with E-state index in [1.165, 1.54) is 5.57 Å². The van der Waals surface area contributed by atoms with Crippen molar-refractivity contribution >= 4 is 6.08 Å². The topological polar surface area (TPSA) is 21.3 Å². The van der Waals surface area contributed by atoms with E-state index in [1.807, 2.05) is 31.3 Å². The van der Waals surface area contributed by atoms with Crippen LogP contribution in [0.1, 0.15) is 30.9 Å². The molecular weight excluding hydrogens is 294 g/mol. The number of nitrogens with one attached hydrogen (secondary N) is 1. The Balaban J connectivity index is 2.62. The zero-order valence-electron chi connectivity index (χ0n) is 15.1. The SMILES string of the molecule is C=C/C=C(\C=C/NCCCC(=C)C)/C=C/c1ccc(OC)c(C)c1. The van der Waals surface area contributed by atoms with Crippen LogP contribution in [0.2, 0.25) is 0 Å². The third-order valence-corrected chi connectivity index (χ3v) is 3.52. The van der Waals surface area contributed by atoms with Crippen LogP contribution in [0.25, 0.3) is 6.08 Å². The Morgan fingerprint density at radius 2 is 2.08 bits per heavy atom. The molecule has 0 unspecified atom stereocenters. The average molecular weight is 323 g/mol. The lowest BCUT2D eigenvalue weighted by atomic mass is 10.1. The van der Waals surface area contributed by atoms with Crippen LogP contribution in [0.15, 0.2) is 73.0 Å². The van der Waals surface area contributed by atoms with Gasteiger partial charge in [0.05, 0.1) is 7.11 Å². The molecule has 24 heavy (non-hydrogen) atoms. The summed E-state index contributed by atoms with van der Waals surface area (Å²) in [6.45, 7) is 12.8. The molecule has 0 aliphatic carbocycles. The molecule has 0 saturated carbocycles. The minimum atomic E-state index is 0.910. The van der Waals surface area contributed by atoms with E-state index in [2.05, 4.69) is 49.7 Å². The first-order valence-corrected chi connectivity index (χ1v) is 8.26. The lowest BCUT2D eigenvalue weighted by Crippen LogP contribution is -2.06. The fourth-order valence-electron chi connectivity index (χ4n) is 2.23. The molecule has 2 heteroatoms. The van der Waals surface area contributed by atoms with Crippen molar-refractivity contribution in [1.82, 2.24) is 5.32 Å². The number of aryl methyl sites for hydroxylation is 1. The second-order valence-corrected chi connectivity index (χ2v) is 5.81. The summed E-state index contributed by atoms with van der Waals surface area (Å²) in [5.74, 6) is 0.910. The monoisotopic (exact) mass is 323 g/mol. The standard InChI is InChI=1S/C22H29NO/c1-6-8-20(14-16-23-15-7-9-18(2)3)10-11-21-12-13-22(24-5)19(4)17-21/h6,8,10-14,16-17,23H,1-2,7,9,15H2,3-5H3/b11-10+,16-14-,20-8-. The predicted molar refractivity (Wildman–Crippen MR) is 106 cm³/mol. The third-order valence-electron chi connectivity index (χ3n) is 3.52. The van der Waals surface area contributed by atoms with Crippen molar-refractivity contribution in [3.63, 3.8) is 0 Å². The minimum absolute atomic E-state index is 0.910. The van der Waals surface area contributed by atoms with Gasteiger partial charge in [0.2, 0.25) is 0 Å². The van der Waals surface area contributed by atoms with Gasteiger partial charge in [-0.25, -0.2) is 0 Å². The Bertz CT molecular complexity index is 635. The van der Waals surface area contributed by atoms with E-state index in [0.29, 0.717) is 0 Å². The van der Waals surface area contributed by atoms with Gasteiger partial charge in [-0.1, -0.05) is 42.5 Å². The fraction of sp³-hybridized carbons (Fsp3) is 0.273. The first-order valence-electron chi connectivity index (χ1n) is 8.26. The van der Waals surface area contributed by atoms with Crippen LogP contribution in [-0.2, 0) is 0 Å². The molecule has 0 saturated heterocycles. The number of hydrogen-bond acceptors (Lipinski definition) is 2. The van der Waals surface area contributed by atoms with E-state index in [1.54, 1.807) is 13.2 Å². The average Bonchev–Trinajstić information content (AvgIpc) is 2.55. The molecule has 0 aliphatic heterocycles. The molecule has 0 fully saturated rings. The van der Waals surface area contributed by atoms with Gasteiger partial charge in [0, 0.05) is 6.54 Å². The van der Waals surface area contributed by atoms with Crippen LogP contribution >= 0.6 is 0 Å². The Morgan fingerprint density at radius 3 is 2.71 bits per heavy atom. The van der Waals surface area contributed by atoms with E-state index in [0.717, 1.165) is 41.8 Å². The maximum absolute atomic E-state index is 5.29. The van der Waals surface area contributed by atoms with Crippen molar-refractivity contribution < 1.29 is 4.74 Å². The normalized spacial score (nSPS) is 11.9. The van der Waals surface area contributed by atoms with Crippen LogP contribution < -0.4 is 10.1 Å². The van der Waals surface area contributed by atoms with Gasteiger partial charge in [0.25, 0.3) is 0 Å². The van der Waals surface area contributed by atoms with Gasteiger partial charge < -0.3 is 10.1 Å². The van der Waals surface area contributed by atoms with Crippen LogP contribution in [0.3, 0.4) is 0 Å². The van der Waals surface area contributed by atoms with Gasteiger partial charge >= 0.3 is 0 Å². The molecule has 0 radical (unpaired) electrons. The zero-order chi connectivity index (χ0) is 17.8. The Labute approximate surface area is 146 Å². The highest BCUT2D eigenvalue weighted by atomic mass is 16.5. The summed E-state index contributed by atoms with van der Waals surface area (Å²) in [5, 5.41) is 3.30. The van der Waals surface area contributed by atoms with E-state index in [9.17, 15) is 0 Å². The molecule has 128 valence electrons. The highest BCUT2D eigenvalue weighted by molar-refractivity contribution is 5.57. The van der Waals surface area contributed by atoms with Crippen molar-refractivity contribution in [1.29, 1.82) is 0 Å². The van der Waals surface area contributed by atoms with E-state index in [-0.39, 0.29) is 0 Å². The van der Waals surface area contributed by atoms with Crippen molar-refractivity contribution in [3.8, 4) is 5.75 Å². The van der Waals surface area contributed by atoms with Crippen LogP contribution in [0, 0.1) is 6.92 Å². The highest BCUT2D eigenvalue weighted by Gasteiger charge is 1.97. The van der Waals surface area contributed by atoms with E-state index in [4.69, 9.17) is 4.74 Å². The van der Waals surface area contributed by atoms with Crippen LogP contribution in [-0.4, -0.2) is 13.7 Å². The summed E-state index contributed by atoms with van der Waals surface area (Å²) in [6, 6.07) is 6.15. The van der Waals surface area contributed by atoms with Gasteiger partial charge in [-0.05, 0) is 67.8 Å². The number of hydrogen-bond donors (Lipinski definition) is 1. The molecule has 2 nitrogen and oxygen atoms in total. The van der Waals surface area contributed by atoms with Crippen molar-refractivity contribution in [2.75, 3.05) is 13.7 Å². The highest BCUT2D eigenvalue weighted by Crippen LogP contribution is 2.19. The molecule has 0 aromatic heterocycles. The fourth-order valence-corrected chi connectivity index (χ4v) is 2.23. The Hall–Kier alpha value is -2.48. The van der Waals surface area contributed by atoms with E-state index < -0.39 is 0 Å². The third kappa shape index (κ3) is 7.68. The van der Waals surface area contributed by atoms with Gasteiger partial charge in [0.1, 0.15) is 5.75 Å². The lowest BCUT2D eigenvalue weighted by molar-refractivity contribution is 0.411. The van der Waals surface area contributed by atoms with Gasteiger partial charge in [-0.3, -0.25) is 0 Å². The van der Waals surface area contributed by atoms with Crippen LogP contribution in [0.5, 0.6) is 5.75 Å². The smallest absolute Gasteiger partial charge is 0.121 e. The second kappa shape index (κ2) is 11.1. The van der Waals surface area contributed by atoms with Gasteiger partial charge in [-0.15, -0.1) is 6.58 Å². The number of ether oxygens (including phenoxy) is 1. The maximum atomic E-state index is 5.29. The summed E-state index contributed by atoms with van der Waals surface area (Å²) < 4.78 is 5.29. The molecular formula is C22H29NO. The molecule has 0 amide bonds. The van der Waals surface area contributed by atoms with Crippen molar-refractivity contribution in [2.45, 2.75) is 26.7 Å². The number of allylic oxidation sites excluding steroid dienone is 6. The minimum Gasteiger partial charge on any atom is -0.496 e. The molecule has 0 bridgehead atoms.